The van der Waals surface area contributed by atoms with Gasteiger partial charge in [-0.15, -0.1) is 0 Å². The largest absolute Gasteiger partial charge is 0.390 e. The molecule has 1 unspecified atom stereocenters. The molecule has 0 amide bonds. The first-order valence-corrected chi connectivity index (χ1v) is 11.9. The van der Waals surface area contributed by atoms with E-state index in [1.807, 2.05) is 0 Å². The van der Waals surface area contributed by atoms with Crippen LogP contribution in [-0.2, 0) is 0 Å². The van der Waals surface area contributed by atoms with Crippen LogP contribution in [0.4, 0.5) is 0 Å². The third-order valence-electron chi connectivity index (χ3n) is 6.17. The molecule has 1 atom stereocenters. The molecule has 158 valence electrons. The summed E-state index contributed by atoms with van der Waals surface area (Å²) >= 11 is 0. The quantitative estimate of drug-likeness (QED) is 0.170. The van der Waals surface area contributed by atoms with Crippen molar-refractivity contribution in [1.29, 1.82) is 0 Å². The van der Waals surface area contributed by atoms with Crippen molar-refractivity contribution in [2.75, 3.05) is 32.8 Å². The predicted octanol–water partition coefficient (Wildman–Crippen LogP) is 6.27. The molecule has 0 saturated heterocycles. The minimum absolute atomic E-state index is 0.279. The van der Waals surface area contributed by atoms with Gasteiger partial charge in [0, 0.05) is 6.42 Å². The van der Waals surface area contributed by atoms with E-state index in [4.69, 9.17) is 4.99 Å². The standard InChI is InChI=1S/C24H47N2O/c1-3-5-6-7-8-9-10-11-12-13-14-15-16-17-18-19-24-25-20-21-26(24,4-2)22-23-27/h8-9,27H,3-7,10-23H2,1-2H3/q+1/b9-8+. The lowest BCUT2D eigenvalue weighted by Crippen LogP contribution is -2.52. The Morgan fingerprint density at radius 2 is 1.44 bits per heavy atom. The van der Waals surface area contributed by atoms with Gasteiger partial charge in [-0.1, -0.05) is 70.4 Å². The number of aliphatic hydroxyl groups is 1. The van der Waals surface area contributed by atoms with E-state index in [-0.39, 0.29) is 6.61 Å². The Kier molecular flexibility index (Phi) is 14.7. The van der Waals surface area contributed by atoms with Crippen LogP contribution in [0.25, 0.3) is 0 Å². The highest BCUT2D eigenvalue weighted by molar-refractivity contribution is 5.76. The van der Waals surface area contributed by atoms with Gasteiger partial charge in [0.25, 0.3) is 0 Å². The van der Waals surface area contributed by atoms with Gasteiger partial charge >= 0.3 is 0 Å². The number of rotatable bonds is 18. The molecule has 1 heterocycles. The molecule has 1 N–H and O–H groups in total. The Morgan fingerprint density at radius 1 is 0.852 bits per heavy atom. The zero-order valence-corrected chi connectivity index (χ0v) is 18.4. The molecule has 0 spiro atoms. The predicted molar refractivity (Wildman–Crippen MR) is 119 cm³/mol. The smallest absolute Gasteiger partial charge is 0.198 e. The van der Waals surface area contributed by atoms with E-state index < -0.39 is 0 Å². The van der Waals surface area contributed by atoms with Crippen molar-refractivity contribution in [2.24, 2.45) is 4.99 Å². The third-order valence-corrected chi connectivity index (χ3v) is 6.17. The van der Waals surface area contributed by atoms with Crippen molar-refractivity contribution in [3.8, 4) is 0 Å². The maximum absolute atomic E-state index is 9.37. The fourth-order valence-electron chi connectivity index (χ4n) is 4.25. The van der Waals surface area contributed by atoms with Crippen LogP contribution in [0.5, 0.6) is 0 Å². The van der Waals surface area contributed by atoms with Gasteiger partial charge in [-0.3, -0.25) is 4.48 Å². The third kappa shape index (κ3) is 10.4. The highest BCUT2D eigenvalue weighted by Gasteiger charge is 2.35. The highest BCUT2D eigenvalue weighted by Crippen LogP contribution is 2.20. The topological polar surface area (TPSA) is 32.6 Å². The van der Waals surface area contributed by atoms with Gasteiger partial charge in [-0.05, 0) is 39.0 Å². The van der Waals surface area contributed by atoms with Crippen LogP contribution in [0, 0.1) is 0 Å². The summed E-state index contributed by atoms with van der Waals surface area (Å²) in [4.78, 5) is 4.75. The first kappa shape index (κ1) is 24.4. The molecule has 0 aromatic heterocycles. The van der Waals surface area contributed by atoms with Gasteiger partial charge < -0.3 is 5.11 Å². The SMILES string of the molecule is CCCCC/C=C/CCCCCCCCCCC1=NCC[N+]1(CC)CCO. The van der Waals surface area contributed by atoms with E-state index in [1.54, 1.807) is 0 Å². The molecular weight excluding hydrogens is 332 g/mol. The minimum Gasteiger partial charge on any atom is -0.390 e. The first-order chi connectivity index (χ1) is 13.3. The lowest BCUT2D eigenvalue weighted by Gasteiger charge is -2.33. The minimum atomic E-state index is 0.279. The fourth-order valence-corrected chi connectivity index (χ4v) is 4.25. The normalized spacial score (nSPS) is 19.9. The highest BCUT2D eigenvalue weighted by atomic mass is 16.3. The number of hydrogen-bond acceptors (Lipinski definition) is 2. The second-order valence-corrected chi connectivity index (χ2v) is 8.26. The summed E-state index contributed by atoms with van der Waals surface area (Å²) < 4.78 is 0.948. The van der Waals surface area contributed by atoms with Gasteiger partial charge in [0.2, 0.25) is 0 Å². The van der Waals surface area contributed by atoms with Crippen molar-refractivity contribution < 1.29 is 9.59 Å². The molecule has 0 aromatic rings. The second-order valence-electron chi connectivity index (χ2n) is 8.26. The number of aliphatic imine (C=N–C) groups is 1. The molecule has 0 aromatic carbocycles. The monoisotopic (exact) mass is 379 g/mol. The van der Waals surface area contributed by atoms with Gasteiger partial charge in [0.15, 0.2) is 5.84 Å². The molecule has 1 rings (SSSR count). The molecule has 0 aliphatic carbocycles. The number of hydrogen-bond donors (Lipinski definition) is 1. The van der Waals surface area contributed by atoms with Crippen LogP contribution < -0.4 is 0 Å². The fraction of sp³-hybridized carbons (Fsp3) is 0.875. The Bertz CT molecular complexity index is 405. The van der Waals surface area contributed by atoms with Crippen LogP contribution in [0.15, 0.2) is 17.1 Å². The average molecular weight is 380 g/mol. The molecule has 3 nitrogen and oxygen atoms in total. The second kappa shape index (κ2) is 16.3. The lowest BCUT2D eigenvalue weighted by molar-refractivity contribution is -0.835. The molecule has 27 heavy (non-hydrogen) atoms. The molecule has 3 heteroatoms. The Hall–Kier alpha value is -0.670. The van der Waals surface area contributed by atoms with E-state index in [9.17, 15) is 5.11 Å². The molecule has 1 aliphatic heterocycles. The van der Waals surface area contributed by atoms with E-state index in [1.165, 1.54) is 89.3 Å². The average Bonchev–Trinajstić information content (AvgIpc) is 3.08. The summed E-state index contributed by atoms with van der Waals surface area (Å²) in [6.07, 6.45) is 23.5. The molecular formula is C24H47N2O+. The van der Waals surface area contributed by atoms with Gasteiger partial charge in [0.05, 0.1) is 19.7 Å². The summed E-state index contributed by atoms with van der Waals surface area (Å²) in [6, 6.07) is 0. The number of quaternary nitrogens is 1. The zero-order chi connectivity index (χ0) is 19.6. The van der Waals surface area contributed by atoms with E-state index >= 15 is 0 Å². The number of aliphatic hydroxyl groups excluding tert-OH is 1. The molecule has 0 radical (unpaired) electrons. The van der Waals surface area contributed by atoms with E-state index in [2.05, 4.69) is 26.0 Å². The van der Waals surface area contributed by atoms with Gasteiger partial charge in [-0.2, -0.15) is 0 Å². The first-order valence-electron chi connectivity index (χ1n) is 11.9. The van der Waals surface area contributed by atoms with Gasteiger partial charge in [0.1, 0.15) is 13.1 Å². The Labute approximate surface area is 169 Å². The van der Waals surface area contributed by atoms with Crippen LogP contribution in [0.2, 0.25) is 0 Å². The van der Waals surface area contributed by atoms with Crippen LogP contribution >= 0.6 is 0 Å². The summed E-state index contributed by atoms with van der Waals surface area (Å²) in [7, 11) is 0. The number of likely N-dealkylation sites (N-methyl/N-ethyl adjacent to an activating group) is 1. The summed E-state index contributed by atoms with van der Waals surface area (Å²) in [5, 5.41) is 9.37. The maximum atomic E-state index is 9.37. The maximum Gasteiger partial charge on any atom is 0.198 e. The van der Waals surface area contributed by atoms with E-state index in [0.29, 0.717) is 0 Å². The molecule has 0 bridgehead atoms. The van der Waals surface area contributed by atoms with Crippen molar-refractivity contribution >= 4 is 5.84 Å². The van der Waals surface area contributed by atoms with Crippen LogP contribution in [-0.4, -0.2) is 48.2 Å². The molecule has 0 fully saturated rings. The molecule has 1 aliphatic rings. The number of amidine groups is 1. The van der Waals surface area contributed by atoms with Crippen molar-refractivity contribution in [1.82, 2.24) is 0 Å². The van der Waals surface area contributed by atoms with Crippen molar-refractivity contribution in [3.05, 3.63) is 12.2 Å². The van der Waals surface area contributed by atoms with Crippen molar-refractivity contribution in [3.63, 3.8) is 0 Å². The van der Waals surface area contributed by atoms with E-state index in [0.717, 1.165) is 37.1 Å². The summed E-state index contributed by atoms with van der Waals surface area (Å²) in [5.74, 6) is 1.36. The molecule has 0 saturated carbocycles. The number of unbranched alkanes of at least 4 members (excludes halogenated alkanes) is 11. The summed E-state index contributed by atoms with van der Waals surface area (Å²) in [6.45, 7) is 8.76. The lowest BCUT2D eigenvalue weighted by atomic mass is 10.1. The van der Waals surface area contributed by atoms with Crippen LogP contribution in [0.3, 0.4) is 0 Å². The number of allylic oxidation sites excluding steroid dienone is 2. The Balaban J connectivity index is 1.92. The Morgan fingerprint density at radius 3 is 2.04 bits per heavy atom. The summed E-state index contributed by atoms with van der Waals surface area (Å²) in [5.41, 5.74) is 0. The van der Waals surface area contributed by atoms with Crippen LogP contribution in [0.1, 0.15) is 104 Å². The van der Waals surface area contributed by atoms with Gasteiger partial charge in [-0.25, -0.2) is 4.99 Å². The zero-order valence-electron chi connectivity index (χ0n) is 18.4. The number of nitrogens with zero attached hydrogens (tertiary/aromatic N) is 2. The van der Waals surface area contributed by atoms with Crippen molar-refractivity contribution in [2.45, 2.75) is 104 Å².